The van der Waals surface area contributed by atoms with E-state index in [1.807, 2.05) is 23.1 Å². The van der Waals surface area contributed by atoms with Crippen LogP contribution in [0.4, 0.5) is 22.7 Å². The molecule has 1 saturated heterocycles. The van der Waals surface area contributed by atoms with Gasteiger partial charge in [-0.2, -0.15) is 0 Å². The Morgan fingerprint density at radius 1 is 1.00 bits per heavy atom. The molecule has 4 amide bonds. The van der Waals surface area contributed by atoms with Crippen molar-refractivity contribution in [2.45, 2.75) is 51.6 Å². The Hall–Kier alpha value is -3.88. The van der Waals surface area contributed by atoms with E-state index in [0.29, 0.717) is 23.6 Å². The topological polar surface area (TPSA) is 111 Å². The predicted octanol–water partition coefficient (Wildman–Crippen LogP) is 3.20. The van der Waals surface area contributed by atoms with Crippen LogP contribution in [0.15, 0.2) is 48.5 Å². The minimum Gasteiger partial charge on any atom is -0.348 e. The van der Waals surface area contributed by atoms with Crippen LogP contribution in [-0.4, -0.2) is 53.7 Å². The van der Waals surface area contributed by atoms with Crippen LogP contribution in [0.2, 0.25) is 0 Å². The molecule has 0 aliphatic carbocycles. The number of nitrogens with zero attached hydrogens (tertiary/aromatic N) is 2. The molecule has 0 radical (unpaired) electrons. The second-order valence-corrected chi connectivity index (χ2v) is 9.09. The maximum Gasteiger partial charge on any atom is 0.247 e. The van der Waals surface area contributed by atoms with Crippen LogP contribution in [0.25, 0.3) is 0 Å². The third kappa shape index (κ3) is 5.79. The van der Waals surface area contributed by atoms with Crippen LogP contribution in [0.1, 0.15) is 39.5 Å². The molecule has 1 fully saturated rings. The summed E-state index contributed by atoms with van der Waals surface area (Å²) in [6, 6.07) is 13.4. The number of carbonyl (C=O) groups is 4. The van der Waals surface area contributed by atoms with Gasteiger partial charge in [0.05, 0.1) is 24.3 Å². The number of carbonyl (C=O) groups excluding carboxylic acids is 4. The molecule has 9 nitrogen and oxygen atoms in total. The van der Waals surface area contributed by atoms with Crippen LogP contribution in [0.5, 0.6) is 0 Å². The van der Waals surface area contributed by atoms with E-state index >= 15 is 0 Å². The van der Waals surface area contributed by atoms with Crippen LogP contribution in [0, 0.1) is 0 Å². The van der Waals surface area contributed by atoms with Gasteiger partial charge in [0.15, 0.2) is 0 Å². The summed E-state index contributed by atoms with van der Waals surface area (Å²) in [5.74, 6) is -0.889. The number of likely N-dealkylation sites (tertiary alicyclic amines) is 1. The fourth-order valence-corrected chi connectivity index (χ4v) is 4.69. The second kappa shape index (κ2) is 10.6. The number of fused-ring (bicyclic) bond motifs is 1. The van der Waals surface area contributed by atoms with E-state index in [1.54, 1.807) is 35.2 Å². The Bertz CT molecular complexity index is 1120. The molecule has 0 spiro atoms. The Labute approximate surface area is 204 Å². The monoisotopic (exact) mass is 477 g/mol. The second-order valence-electron chi connectivity index (χ2n) is 9.09. The summed E-state index contributed by atoms with van der Waals surface area (Å²) in [5.41, 5.74) is 2.52. The zero-order valence-corrected chi connectivity index (χ0v) is 20.0. The number of anilines is 4. The lowest BCUT2D eigenvalue weighted by Gasteiger charge is -2.40. The molecule has 184 valence electrons. The maximum absolute atomic E-state index is 13.2. The van der Waals surface area contributed by atoms with E-state index in [2.05, 4.69) is 22.9 Å². The van der Waals surface area contributed by atoms with Crippen LogP contribution in [0.3, 0.4) is 0 Å². The lowest BCUT2D eigenvalue weighted by molar-refractivity contribution is -0.133. The van der Waals surface area contributed by atoms with Gasteiger partial charge in [-0.3, -0.25) is 19.2 Å². The summed E-state index contributed by atoms with van der Waals surface area (Å²) in [6.45, 7) is 4.21. The fourth-order valence-electron chi connectivity index (χ4n) is 4.69. The average Bonchev–Trinajstić information content (AvgIpc) is 2.82. The first-order chi connectivity index (χ1) is 16.8. The number of piperidine rings is 1. The van der Waals surface area contributed by atoms with Crippen molar-refractivity contribution in [2.24, 2.45) is 0 Å². The number of hydrogen-bond donors (Lipinski definition) is 3. The molecule has 0 unspecified atom stereocenters. The fraction of sp³-hybridized carbons (Fsp3) is 0.385. The normalized spacial score (nSPS) is 19.4. The number of hydrogen-bond acceptors (Lipinski definition) is 5. The van der Waals surface area contributed by atoms with Gasteiger partial charge in [0.2, 0.25) is 23.6 Å². The number of para-hydroxylation sites is 2. The molecular weight excluding hydrogens is 446 g/mol. The lowest BCUT2D eigenvalue weighted by atomic mass is 10.0. The van der Waals surface area contributed by atoms with Crippen LogP contribution in [-0.2, 0) is 19.2 Å². The largest absolute Gasteiger partial charge is 0.348 e. The zero-order valence-electron chi connectivity index (χ0n) is 20.0. The standard InChI is InChI=1S/C26H31N5O4/c1-17-7-5-6-14-30(17)25(34)16-31-22-9-4-3-8-21(22)29-26(35)23(31)15-24(33)28-20-12-10-19(11-13-20)27-18(2)32/h3-4,8-13,17,23H,5-7,14-16H2,1-2H3,(H,27,32)(H,28,33)(H,29,35)/t17-,23+/m1/s1. The van der Waals surface area contributed by atoms with Gasteiger partial charge in [-0.25, -0.2) is 0 Å². The molecule has 9 heteroatoms. The highest BCUT2D eigenvalue weighted by Crippen LogP contribution is 2.33. The molecule has 2 aromatic carbocycles. The molecule has 4 rings (SSSR count). The number of rotatable bonds is 6. The molecule has 2 heterocycles. The van der Waals surface area contributed by atoms with E-state index in [4.69, 9.17) is 0 Å². The Kier molecular flexibility index (Phi) is 7.33. The average molecular weight is 478 g/mol. The van der Waals surface area contributed by atoms with Crippen molar-refractivity contribution in [3.8, 4) is 0 Å². The zero-order chi connectivity index (χ0) is 24.9. The third-order valence-electron chi connectivity index (χ3n) is 6.45. The van der Waals surface area contributed by atoms with Crippen LogP contribution < -0.4 is 20.9 Å². The van der Waals surface area contributed by atoms with Gasteiger partial charge in [0.1, 0.15) is 6.04 Å². The van der Waals surface area contributed by atoms with Gasteiger partial charge in [-0.05, 0) is 62.6 Å². The summed E-state index contributed by atoms with van der Waals surface area (Å²) in [4.78, 5) is 54.0. The molecule has 2 atom stereocenters. The number of benzene rings is 2. The van der Waals surface area contributed by atoms with E-state index in [0.717, 1.165) is 24.9 Å². The smallest absolute Gasteiger partial charge is 0.247 e. The molecule has 2 aromatic rings. The van der Waals surface area contributed by atoms with Gasteiger partial charge in [-0.15, -0.1) is 0 Å². The first-order valence-corrected chi connectivity index (χ1v) is 12.0. The molecule has 0 saturated carbocycles. The Morgan fingerprint density at radius 2 is 1.69 bits per heavy atom. The Balaban J connectivity index is 1.50. The van der Waals surface area contributed by atoms with E-state index in [1.165, 1.54) is 6.92 Å². The molecule has 2 aliphatic heterocycles. The van der Waals surface area contributed by atoms with Gasteiger partial charge in [-0.1, -0.05) is 12.1 Å². The van der Waals surface area contributed by atoms with Crippen molar-refractivity contribution in [2.75, 3.05) is 33.9 Å². The quantitative estimate of drug-likeness (QED) is 0.592. The minimum absolute atomic E-state index is 0.0259. The SMILES string of the molecule is CC(=O)Nc1ccc(NC(=O)C[C@H]2C(=O)Nc3ccccc3N2CC(=O)N2CCCC[C@H]2C)cc1. The summed E-state index contributed by atoms with van der Waals surface area (Å²) < 4.78 is 0. The van der Waals surface area contributed by atoms with Gasteiger partial charge >= 0.3 is 0 Å². The highest BCUT2D eigenvalue weighted by molar-refractivity contribution is 6.07. The summed E-state index contributed by atoms with van der Waals surface area (Å²) >= 11 is 0. The number of amides is 4. The lowest BCUT2D eigenvalue weighted by Crippen LogP contribution is -2.54. The van der Waals surface area contributed by atoms with Crippen molar-refractivity contribution in [1.29, 1.82) is 0 Å². The van der Waals surface area contributed by atoms with Crippen LogP contribution >= 0.6 is 0 Å². The summed E-state index contributed by atoms with van der Waals surface area (Å²) in [7, 11) is 0. The van der Waals surface area contributed by atoms with Gasteiger partial charge in [0, 0.05) is 30.9 Å². The highest BCUT2D eigenvalue weighted by Gasteiger charge is 2.37. The Morgan fingerprint density at radius 3 is 2.37 bits per heavy atom. The third-order valence-corrected chi connectivity index (χ3v) is 6.45. The number of nitrogens with one attached hydrogen (secondary N) is 3. The van der Waals surface area contributed by atoms with Crippen molar-refractivity contribution >= 4 is 46.4 Å². The van der Waals surface area contributed by atoms with E-state index in [9.17, 15) is 19.2 Å². The highest BCUT2D eigenvalue weighted by atomic mass is 16.2. The molecule has 0 aromatic heterocycles. The van der Waals surface area contributed by atoms with E-state index < -0.39 is 6.04 Å². The van der Waals surface area contributed by atoms with Crippen molar-refractivity contribution in [3.63, 3.8) is 0 Å². The predicted molar refractivity (Wildman–Crippen MR) is 135 cm³/mol. The van der Waals surface area contributed by atoms with Gasteiger partial charge < -0.3 is 25.8 Å². The minimum atomic E-state index is -0.826. The molecule has 0 bridgehead atoms. The van der Waals surface area contributed by atoms with Crippen molar-refractivity contribution < 1.29 is 19.2 Å². The maximum atomic E-state index is 13.2. The van der Waals surface area contributed by atoms with Gasteiger partial charge in [0.25, 0.3) is 0 Å². The molecule has 3 N–H and O–H groups in total. The van der Waals surface area contributed by atoms with Crippen molar-refractivity contribution in [1.82, 2.24) is 4.90 Å². The first-order valence-electron chi connectivity index (χ1n) is 12.0. The van der Waals surface area contributed by atoms with E-state index in [-0.39, 0.29) is 42.6 Å². The van der Waals surface area contributed by atoms with Crippen molar-refractivity contribution in [3.05, 3.63) is 48.5 Å². The summed E-state index contributed by atoms with van der Waals surface area (Å²) in [5, 5.41) is 8.35. The molecule has 2 aliphatic rings. The summed E-state index contributed by atoms with van der Waals surface area (Å²) in [6.07, 6.45) is 2.93. The first kappa shape index (κ1) is 24.3. The molecule has 35 heavy (non-hydrogen) atoms. The molecular formula is C26H31N5O4.